The van der Waals surface area contributed by atoms with Gasteiger partial charge in [-0.1, -0.05) is 0 Å². The molecule has 5 nitrogen and oxygen atoms in total. The molecular weight excluding hydrogens is 180 g/mol. The molecule has 0 radical (unpaired) electrons. The van der Waals surface area contributed by atoms with Gasteiger partial charge in [-0.2, -0.15) is 0 Å². The predicted octanol–water partition coefficient (Wildman–Crippen LogP) is -0.125. The Hall–Kier alpha value is -1.20. The van der Waals surface area contributed by atoms with Crippen molar-refractivity contribution in [1.29, 1.82) is 0 Å². The minimum absolute atomic E-state index is 0.206. The largest absolute Gasteiger partial charge is 0.378 e. The molecule has 1 aromatic rings. The minimum Gasteiger partial charge on any atom is -0.378 e. The summed E-state index contributed by atoms with van der Waals surface area (Å²) in [5, 5.41) is 6.54. The zero-order chi connectivity index (χ0) is 9.80. The van der Waals surface area contributed by atoms with Gasteiger partial charge < -0.3 is 15.4 Å². The van der Waals surface area contributed by atoms with Gasteiger partial charge in [-0.15, -0.1) is 0 Å². The summed E-state index contributed by atoms with van der Waals surface area (Å²) >= 11 is 0. The normalized spacial score (nSPS) is 26.4. The van der Waals surface area contributed by atoms with Gasteiger partial charge in [-0.05, 0) is 0 Å². The van der Waals surface area contributed by atoms with Crippen LogP contribution in [0.25, 0.3) is 0 Å². The first-order valence-corrected chi connectivity index (χ1v) is 4.66. The predicted molar refractivity (Wildman–Crippen MR) is 53.1 cm³/mol. The summed E-state index contributed by atoms with van der Waals surface area (Å²) in [6.07, 6.45) is 5.25. The van der Waals surface area contributed by atoms with Crippen molar-refractivity contribution in [2.45, 2.75) is 12.1 Å². The monoisotopic (exact) mass is 194 g/mol. The Morgan fingerprint density at radius 1 is 1.50 bits per heavy atom. The SMILES string of the molecule is COC1CNCC1Nc1cnccn1. The summed E-state index contributed by atoms with van der Waals surface area (Å²) in [5.41, 5.74) is 0. The Bertz CT molecular complexity index is 279. The first kappa shape index (κ1) is 9.36. The Balaban J connectivity index is 1.97. The van der Waals surface area contributed by atoms with Crippen molar-refractivity contribution in [2.24, 2.45) is 0 Å². The van der Waals surface area contributed by atoms with E-state index in [-0.39, 0.29) is 12.1 Å². The summed E-state index contributed by atoms with van der Waals surface area (Å²) in [5.74, 6) is 0.795. The van der Waals surface area contributed by atoms with E-state index >= 15 is 0 Å². The zero-order valence-electron chi connectivity index (χ0n) is 8.10. The standard InChI is InChI=1S/C9H14N4O/c1-14-8-5-11-4-7(8)13-9-6-10-2-3-12-9/h2-3,6-8,11H,4-5H2,1H3,(H,12,13). The fraction of sp³-hybridized carbons (Fsp3) is 0.556. The Morgan fingerprint density at radius 2 is 2.43 bits per heavy atom. The van der Waals surface area contributed by atoms with Crippen molar-refractivity contribution in [3.63, 3.8) is 0 Å². The molecule has 0 amide bonds. The van der Waals surface area contributed by atoms with Gasteiger partial charge in [0.1, 0.15) is 5.82 Å². The molecule has 1 aliphatic heterocycles. The van der Waals surface area contributed by atoms with E-state index in [0.717, 1.165) is 18.9 Å². The van der Waals surface area contributed by atoms with E-state index in [1.807, 2.05) is 0 Å². The second kappa shape index (κ2) is 4.34. The van der Waals surface area contributed by atoms with E-state index in [9.17, 15) is 0 Å². The highest BCUT2D eigenvalue weighted by Crippen LogP contribution is 2.09. The van der Waals surface area contributed by atoms with E-state index in [1.54, 1.807) is 25.7 Å². The Morgan fingerprint density at radius 3 is 3.14 bits per heavy atom. The van der Waals surface area contributed by atoms with Crippen molar-refractivity contribution in [2.75, 3.05) is 25.5 Å². The quantitative estimate of drug-likeness (QED) is 0.702. The first-order chi connectivity index (χ1) is 6.90. The maximum absolute atomic E-state index is 5.32. The maximum atomic E-state index is 5.32. The van der Waals surface area contributed by atoms with Crippen LogP contribution in [0, 0.1) is 0 Å². The lowest BCUT2D eigenvalue weighted by atomic mass is 10.2. The van der Waals surface area contributed by atoms with E-state index in [1.165, 1.54) is 0 Å². The molecule has 0 aromatic carbocycles. The molecular formula is C9H14N4O. The highest BCUT2D eigenvalue weighted by molar-refractivity contribution is 5.32. The molecule has 2 rings (SSSR count). The molecule has 1 aliphatic rings. The molecule has 0 saturated carbocycles. The molecule has 2 unspecified atom stereocenters. The third-order valence-corrected chi connectivity index (χ3v) is 2.36. The van der Waals surface area contributed by atoms with Gasteiger partial charge in [0.2, 0.25) is 0 Å². The van der Waals surface area contributed by atoms with Crippen LogP contribution in [0.3, 0.4) is 0 Å². The maximum Gasteiger partial charge on any atom is 0.144 e. The van der Waals surface area contributed by atoms with Crippen molar-refractivity contribution in [1.82, 2.24) is 15.3 Å². The molecule has 0 aliphatic carbocycles. The van der Waals surface area contributed by atoms with Crippen LogP contribution in [0.2, 0.25) is 0 Å². The number of hydrogen-bond donors (Lipinski definition) is 2. The number of hydrogen-bond acceptors (Lipinski definition) is 5. The molecule has 14 heavy (non-hydrogen) atoms. The van der Waals surface area contributed by atoms with Crippen LogP contribution >= 0.6 is 0 Å². The van der Waals surface area contributed by atoms with Crippen molar-refractivity contribution < 1.29 is 4.74 Å². The zero-order valence-corrected chi connectivity index (χ0v) is 8.10. The molecule has 1 aromatic heterocycles. The van der Waals surface area contributed by atoms with Gasteiger partial charge in [-0.3, -0.25) is 4.98 Å². The summed E-state index contributed by atoms with van der Waals surface area (Å²) in [4.78, 5) is 8.15. The molecule has 76 valence electrons. The number of ether oxygens (including phenoxy) is 1. The van der Waals surface area contributed by atoms with E-state index in [4.69, 9.17) is 4.74 Å². The number of aromatic nitrogens is 2. The fourth-order valence-corrected chi connectivity index (χ4v) is 1.61. The summed E-state index contributed by atoms with van der Waals surface area (Å²) in [6.45, 7) is 1.78. The molecule has 2 heterocycles. The van der Waals surface area contributed by atoms with Crippen LogP contribution < -0.4 is 10.6 Å². The first-order valence-electron chi connectivity index (χ1n) is 4.66. The number of rotatable bonds is 3. The number of nitrogens with zero attached hydrogens (tertiary/aromatic N) is 2. The molecule has 2 atom stereocenters. The van der Waals surface area contributed by atoms with E-state index < -0.39 is 0 Å². The summed E-state index contributed by atoms with van der Waals surface area (Å²) in [6, 6.07) is 0.275. The highest BCUT2D eigenvalue weighted by Gasteiger charge is 2.26. The lowest BCUT2D eigenvalue weighted by molar-refractivity contribution is 0.111. The van der Waals surface area contributed by atoms with Gasteiger partial charge in [0.05, 0.1) is 18.3 Å². The van der Waals surface area contributed by atoms with Crippen LogP contribution in [0.1, 0.15) is 0 Å². The summed E-state index contributed by atoms with van der Waals surface area (Å²) < 4.78 is 5.32. The second-order valence-electron chi connectivity index (χ2n) is 3.27. The van der Waals surface area contributed by atoms with Crippen LogP contribution in [-0.4, -0.2) is 42.3 Å². The molecule has 2 N–H and O–H groups in total. The highest BCUT2D eigenvalue weighted by atomic mass is 16.5. The molecule has 0 spiro atoms. The van der Waals surface area contributed by atoms with Gasteiger partial charge in [0.25, 0.3) is 0 Å². The van der Waals surface area contributed by atoms with Gasteiger partial charge in [-0.25, -0.2) is 4.98 Å². The van der Waals surface area contributed by atoms with Crippen LogP contribution in [0.4, 0.5) is 5.82 Å². The number of methoxy groups -OCH3 is 1. The number of nitrogens with one attached hydrogen (secondary N) is 2. The number of anilines is 1. The van der Waals surface area contributed by atoms with Crippen molar-refractivity contribution in [3.8, 4) is 0 Å². The Labute approximate surface area is 82.9 Å². The summed E-state index contributed by atoms with van der Waals surface area (Å²) in [7, 11) is 1.73. The van der Waals surface area contributed by atoms with Crippen molar-refractivity contribution >= 4 is 5.82 Å². The average molecular weight is 194 g/mol. The van der Waals surface area contributed by atoms with E-state index in [2.05, 4.69) is 20.6 Å². The molecule has 1 fully saturated rings. The van der Waals surface area contributed by atoms with Crippen LogP contribution in [0.15, 0.2) is 18.6 Å². The van der Waals surface area contributed by atoms with Crippen LogP contribution in [0.5, 0.6) is 0 Å². The minimum atomic E-state index is 0.206. The van der Waals surface area contributed by atoms with E-state index in [0.29, 0.717) is 0 Å². The smallest absolute Gasteiger partial charge is 0.144 e. The van der Waals surface area contributed by atoms with Crippen LogP contribution in [-0.2, 0) is 4.74 Å². The second-order valence-corrected chi connectivity index (χ2v) is 3.27. The third kappa shape index (κ3) is 2.00. The van der Waals surface area contributed by atoms with Gasteiger partial charge >= 0.3 is 0 Å². The van der Waals surface area contributed by atoms with Gasteiger partial charge in [0.15, 0.2) is 0 Å². The van der Waals surface area contributed by atoms with Gasteiger partial charge in [0, 0.05) is 32.6 Å². The van der Waals surface area contributed by atoms with Crippen molar-refractivity contribution in [3.05, 3.63) is 18.6 Å². The lowest BCUT2D eigenvalue weighted by Crippen LogP contribution is -2.33. The molecule has 1 saturated heterocycles. The molecule has 0 bridgehead atoms. The third-order valence-electron chi connectivity index (χ3n) is 2.36. The fourth-order valence-electron chi connectivity index (χ4n) is 1.61. The lowest BCUT2D eigenvalue weighted by Gasteiger charge is -2.18. The molecule has 5 heteroatoms. The Kier molecular flexibility index (Phi) is 2.90. The topological polar surface area (TPSA) is 59.1 Å². The average Bonchev–Trinajstić information content (AvgIpc) is 2.67.